The summed E-state index contributed by atoms with van der Waals surface area (Å²) >= 11 is 1.66. The SMILES string of the molecule is CN(c1ncccn1)C1CCN(Cc2cscn2)C1. The summed E-state index contributed by atoms with van der Waals surface area (Å²) in [5.41, 5.74) is 3.07. The zero-order valence-electron chi connectivity index (χ0n) is 10.9. The number of likely N-dealkylation sites (tertiary alicyclic amines) is 1. The van der Waals surface area contributed by atoms with Crippen LogP contribution in [-0.4, -0.2) is 46.0 Å². The van der Waals surface area contributed by atoms with Gasteiger partial charge in [-0.3, -0.25) is 4.90 Å². The van der Waals surface area contributed by atoms with E-state index in [-0.39, 0.29) is 0 Å². The molecule has 0 bridgehead atoms. The van der Waals surface area contributed by atoms with Crippen molar-refractivity contribution in [3.63, 3.8) is 0 Å². The van der Waals surface area contributed by atoms with Crippen LogP contribution >= 0.6 is 11.3 Å². The third kappa shape index (κ3) is 2.90. The van der Waals surface area contributed by atoms with Crippen LogP contribution in [0.5, 0.6) is 0 Å². The van der Waals surface area contributed by atoms with Crippen molar-refractivity contribution in [3.8, 4) is 0 Å². The lowest BCUT2D eigenvalue weighted by Gasteiger charge is -2.24. The highest BCUT2D eigenvalue weighted by molar-refractivity contribution is 7.07. The van der Waals surface area contributed by atoms with Gasteiger partial charge >= 0.3 is 0 Å². The third-order valence-electron chi connectivity index (χ3n) is 3.53. The Bertz CT molecular complexity index is 501. The Kier molecular flexibility index (Phi) is 3.70. The first-order valence-electron chi connectivity index (χ1n) is 6.42. The van der Waals surface area contributed by atoms with Crippen LogP contribution in [0.1, 0.15) is 12.1 Å². The van der Waals surface area contributed by atoms with E-state index >= 15 is 0 Å². The Morgan fingerprint density at radius 1 is 1.37 bits per heavy atom. The Morgan fingerprint density at radius 2 is 2.21 bits per heavy atom. The van der Waals surface area contributed by atoms with Crippen LogP contribution in [0.15, 0.2) is 29.4 Å². The quantitative estimate of drug-likeness (QED) is 0.849. The van der Waals surface area contributed by atoms with Gasteiger partial charge in [-0.05, 0) is 12.5 Å². The van der Waals surface area contributed by atoms with Gasteiger partial charge in [-0.2, -0.15) is 0 Å². The van der Waals surface area contributed by atoms with Gasteiger partial charge in [0.15, 0.2) is 0 Å². The standard InChI is InChI=1S/C13H17N5S/c1-17(13-14-4-2-5-15-13)12-3-6-18(8-12)7-11-9-19-10-16-11/h2,4-5,9-10,12H,3,6-8H2,1H3. The van der Waals surface area contributed by atoms with E-state index in [0.29, 0.717) is 6.04 Å². The molecule has 0 spiro atoms. The second-order valence-electron chi connectivity index (χ2n) is 4.82. The van der Waals surface area contributed by atoms with E-state index in [1.807, 2.05) is 11.6 Å². The van der Waals surface area contributed by atoms with Gasteiger partial charge in [-0.25, -0.2) is 15.0 Å². The molecule has 2 aromatic rings. The minimum atomic E-state index is 0.487. The fourth-order valence-electron chi connectivity index (χ4n) is 2.45. The molecular formula is C13H17N5S. The zero-order chi connectivity index (χ0) is 13.1. The monoisotopic (exact) mass is 275 g/mol. The van der Waals surface area contributed by atoms with Crippen LogP contribution in [-0.2, 0) is 6.54 Å². The molecule has 1 fully saturated rings. The van der Waals surface area contributed by atoms with Crippen molar-refractivity contribution < 1.29 is 0 Å². The number of nitrogens with zero attached hydrogens (tertiary/aromatic N) is 5. The molecule has 5 nitrogen and oxygen atoms in total. The van der Waals surface area contributed by atoms with Crippen LogP contribution in [0.3, 0.4) is 0 Å². The summed E-state index contributed by atoms with van der Waals surface area (Å²) in [5, 5.41) is 2.12. The zero-order valence-corrected chi connectivity index (χ0v) is 11.8. The fourth-order valence-corrected chi connectivity index (χ4v) is 3.00. The summed E-state index contributed by atoms with van der Waals surface area (Å²) in [4.78, 5) is 17.6. The number of aromatic nitrogens is 3. The summed E-state index contributed by atoms with van der Waals surface area (Å²) in [6, 6.07) is 2.33. The maximum atomic E-state index is 4.35. The largest absolute Gasteiger partial charge is 0.340 e. The van der Waals surface area contributed by atoms with Crippen molar-refractivity contribution in [2.75, 3.05) is 25.0 Å². The lowest BCUT2D eigenvalue weighted by molar-refractivity contribution is 0.322. The van der Waals surface area contributed by atoms with Gasteiger partial charge in [0.2, 0.25) is 5.95 Å². The number of anilines is 1. The van der Waals surface area contributed by atoms with Gasteiger partial charge in [-0.1, -0.05) is 0 Å². The molecule has 2 aromatic heterocycles. The molecule has 1 unspecified atom stereocenters. The Hall–Kier alpha value is -1.53. The van der Waals surface area contributed by atoms with Gasteiger partial charge in [-0.15, -0.1) is 11.3 Å². The second kappa shape index (κ2) is 5.63. The van der Waals surface area contributed by atoms with Crippen molar-refractivity contribution in [1.29, 1.82) is 0 Å². The third-order valence-corrected chi connectivity index (χ3v) is 4.17. The first-order chi connectivity index (χ1) is 9.33. The Balaban J connectivity index is 1.59. The predicted octanol–water partition coefficient (Wildman–Crippen LogP) is 1.64. The van der Waals surface area contributed by atoms with Crippen molar-refractivity contribution in [2.24, 2.45) is 0 Å². The van der Waals surface area contributed by atoms with Crippen LogP contribution < -0.4 is 4.90 Å². The van der Waals surface area contributed by atoms with Crippen molar-refractivity contribution in [3.05, 3.63) is 35.0 Å². The maximum Gasteiger partial charge on any atom is 0.225 e. The van der Waals surface area contributed by atoms with E-state index in [1.54, 1.807) is 23.7 Å². The van der Waals surface area contributed by atoms with Crippen LogP contribution in [0.4, 0.5) is 5.95 Å². The topological polar surface area (TPSA) is 45.2 Å². The fraction of sp³-hybridized carbons (Fsp3) is 0.462. The number of hydrogen-bond acceptors (Lipinski definition) is 6. The molecule has 1 aliphatic rings. The van der Waals surface area contributed by atoms with E-state index in [0.717, 1.165) is 32.0 Å². The van der Waals surface area contributed by atoms with Crippen LogP contribution in [0.2, 0.25) is 0 Å². The first-order valence-corrected chi connectivity index (χ1v) is 7.36. The van der Waals surface area contributed by atoms with Gasteiger partial charge < -0.3 is 4.90 Å². The summed E-state index contributed by atoms with van der Waals surface area (Å²) in [6.45, 7) is 3.11. The number of thiazole rings is 1. The first kappa shape index (κ1) is 12.5. The molecule has 1 atom stereocenters. The summed E-state index contributed by atoms with van der Waals surface area (Å²) < 4.78 is 0. The van der Waals surface area contributed by atoms with Crippen molar-refractivity contribution >= 4 is 17.3 Å². The van der Waals surface area contributed by atoms with Gasteiger partial charge in [0.05, 0.1) is 11.2 Å². The number of likely N-dealkylation sites (N-methyl/N-ethyl adjacent to an activating group) is 1. The molecule has 1 saturated heterocycles. The normalized spacial score (nSPS) is 19.7. The minimum absolute atomic E-state index is 0.487. The number of rotatable bonds is 4. The number of hydrogen-bond donors (Lipinski definition) is 0. The minimum Gasteiger partial charge on any atom is -0.340 e. The van der Waals surface area contributed by atoms with Gasteiger partial charge in [0, 0.05) is 50.5 Å². The molecule has 0 aliphatic carbocycles. The Labute approximate surface area is 116 Å². The van der Waals surface area contributed by atoms with E-state index < -0.39 is 0 Å². The maximum absolute atomic E-state index is 4.35. The smallest absolute Gasteiger partial charge is 0.225 e. The highest BCUT2D eigenvalue weighted by atomic mass is 32.1. The average Bonchev–Trinajstić information content (AvgIpc) is 3.11. The average molecular weight is 275 g/mol. The Morgan fingerprint density at radius 3 is 2.95 bits per heavy atom. The molecule has 0 aromatic carbocycles. The lowest BCUT2D eigenvalue weighted by atomic mass is 10.2. The molecule has 0 N–H and O–H groups in total. The molecule has 3 rings (SSSR count). The lowest BCUT2D eigenvalue weighted by Crippen LogP contribution is -2.35. The molecule has 6 heteroatoms. The summed E-state index contributed by atoms with van der Waals surface area (Å²) in [6.07, 6.45) is 4.74. The highest BCUT2D eigenvalue weighted by Gasteiger charge is 2.27. The summed E-state index contributed by atoms with van der Waals surface area (Å²) in [7, 11) is 2.08. The molecule has 1 aliphatic heterocycles. The van der Waals surface area contributed by atoms with Crippen LogP contribution in [0, 0.1) is 0 Å². The molecular weight excluding hydrogens is 258 g/mol. The molecule has 3 heterocycles. The predicted molar refractivity (Wildman–Crippen MR) is 76.2 cm³/mol. The van der Waals surface area contributed by atoms with Crippen molar-refractivity contribution in [1.82, 2.24) is 19.9 Å². The van der Waals surface area contributed by atoms with E-state index in [1.165, 1.54) is 5.69 Å². The molecule has 100 valence electrons. The van der Waals surface area contributed by atoms with E-state index in [4.69, 9.17) is 0 Å². The molecule has 0 saturated carbocycles. The second-order valence-corrected chi connectivity index (χ2v) is 5.54. The van der Waals surface area contributed by atoms with Crippen LogP contribution in [0.25, 0.3) is 0 Å². The molecule has 19 heavy (non-hydrogen) atoms. The van der Waals surface area contributed by atoms with E-state index in [9.17, 15) is 0 Å². The van der Waals surface area contributed by atoms with Crippen molar-refractivity contribution in [2.45, 2.75) is 19.0 Å². The van der Waals surface area contributed by atoms with E-state index in [2.05, 4.69) is 37.2 Å². The van der Waals surface area contributed by atoms with Gasteiger partial charge in [0.1, 0.15) is 0 Å². The van der Waals surface area contributed by atoms with Gasteiger partial charge in [0.25, 0.3) is 0 Å². The molecule has 0 radical (unpaired) electrons. The summed E-state index contributed by atoms with van der Waals surface area (Å²) in [5.74, 6) is 0.808. The highest BCUT2D eigenvalue weighted by Crippen LogP contribution is 2.19. The molecule has 0 amide bonds.